The number of primary sulfonamides is 1. The Kier molecular flexibility index (Phi) is 2.81. The van der Waals surface area contributed by atoms with Crippen molar-refractivity contribution in [3.63, 3.8) is 0 Å². The normalized spacial score (nSPS) is 35.2. The number of hydrogen-bond donors (Lipinski definition) is 2. The standard InChI is InChI=1S/C9H18N2O2S/c10-14(12,13)9-3-1-7(2-4-9)8-5-11-6-8/h7-9,11H,1-6H2,(H2,10,12,13). The molecule has 1 heterocycles. The minimum atomic E-state index is -3.28. The molecule has 1 saturated heterocycles. The molecule has 0 bridgehead atoms. The molecule has 1 aliphatic carbocycles. The van der Waals surface area contributed by atoms with Crippen LogP contribution in [-0.4, -0.2) is 26.8 Å². The molecular weight excluding hydrogens is 200 g/mol. The van der Waals surface area contributed by atoms with E-state index in [1.807, 2.05) is 0 Å². The molecule has 2 fully saturated rings. The van der Waals surface area contributed by atoms with E-state index in [1.165, 1.54) is 0 Å². The van der Waals surface area contributed by atoms with Gasteiger partial charge in [-0.05, 0) is 50.6 Å². The van der Waals surface area contributed by atoms with Gasteiger partial charge in [0.15, 0.2) is 0 Å². The fourth-order valence-corrected chi connectivity index (χ4v) is 3.46. The first kappa shape index (κ1) is 10.4. The maximum absolute atomic E-state index is 11.1. The summed E-state index contributed by atoms with van der Waals surface area (Å²) in [5.41, 5.74) is 0. The van der Waals surface area contributed by atoms with Crippen molar-refractivity contribution in [1.29, 1.82) is 0 Å². The zero-order valence-corrected chi connectivity index (χ0v) is 9.09. The van der Waals surface area contributed by atoms with Crippen LogP contribution in [0.4, 0.5) is 0 Å². The third-order valence-electron chi connectivity index (χ3n) is 3.66. The molecule has 4 nitrogen and oxygen atoms in total. The Hall–Kier alpha value is -0.130. The SMILES string of the molecule is NS(=O)(=O)C1CCC(C2CNC2)CC1. The van der Waals surface area contributed by atoms with Crippen LogP contribution in [0.25, 0.3) is 0 Å². The van der Waals surface area contributed by atoms with E-state index in [0.717, 1.165) is 50.6 Å². The first-order valence-electron chi connectivity index (χ1n) is 5.29. The molecule has 1 saturated carbocycles. The Morgan fingerprint density at radius 2 is 1.57 bits per heavy atom. The van der Waals surface area contributed by atoms with Gasteiger partial charge in [-0.15, -0.1) is 0 Å². The minimum Gasteiger partial charge on any atom is -0.316 e. The molecule has 14 heavy (non-hydrogen) atoms. The van der Waals surface area contributed by atoms with Crippen LogP contribution >= 0.6 is 0 Å². The Morgan fingerprint density at radius 3 is 1.93 bits per heavy atom. The maximum Gasteiger partial charge on any atom is 0.211 e. The van der Waals surface area contributed by atoms with E-state index in [2.05, 4.69) is 5.32 Å². The van der Waals surface area contributed by atoms with E-state index >= 15 is 0 Å². The first-order chi connectivity index (χ1) is 6.57. The zero-order valence-electron chi connectivity index (χ0n) is 8.28. The highest BCUT2D eigenvalue weighted by molar-refractivity contribution is 7.89. The molecule has 82 valence electrons. The van der Waals surface area contributed by atoms with Gasteiger partial charge in [-0.1, -0.05) is 0 Å². The summed E-state index contributed by atoms with van der Waals surface area (Å²) in [6, 6.07) is 0. The lowest BCUT2D eigenvalue weighted by molar-refractivity contribution is 0.185. The van der Waals surface area contributed by atoms with Crippen molar-refractivity contribution in [2.45, 2.75) is 30.9 Å². The monoisotopic (exact) mass is 218 g/mol. The minimum absolute atomic E-state index is 0.271. The van der Waals surface area contributed by atoms with Gasteiger partial charge in [0.2, 0.25) is 10.0 Å². The van der Waals surface area contributed by atoms with Crippen molar-refractivity contribution in [3.05, 3.63) is 0 Å². The van der Waals surface area contributed by atoms with E-state index in [4.69, 9.17) is 5.14 Å². The highest BCUT2D eigenvalue weighted by Gasteiger charge is 2.34. The van der Waals surface area contributed by atoms with Crippen LogP contribution in [0.15, 0.2) is 0 Å². The number of sulfonamides is 1. The molecule has 0 atom stereocenters. The van der Waals surface area contributed by atoms with Crippen molar-refractivity contribution in [1.82, 2.24) is 5.32 Å². The number of hydrogen-bond acceptors (Lipinski definition) is 3. The second-order valence-electron chi connectivity index (χ2n) is 4.54. The third-order valence-corrected chi connectivity index (χ3v) is 5.06. The summed E-state index contributed by atoms with van der Waals surface area (Å²) in [6.45, 7) is 2.23. The summed E-state index contributed by atoms with van der Waals surface area (Å²) < 4.78 is 22.2. The number of nitrogens with one attached hydrogen (secondary N) is 1. The summed E-state index contributed by atoms with van der Waals surface area (Å²) in [6.07, 6.45) is 3.60. The molecule has 1 aliphatic heterocycles. The van der Waals surface area contributed by atoms with Gasteiger partial charge >= 0.3 is 0 Å². The average Bonchev–Trinajstić information content (AvgIpc) is 2.00. The molecule has 0 aromatic heterocycles. The van der Waals surface area contributed by atoms with E-state index < -0.39 is 10.0 Å². The van der Waals surface area contributed by atoms with Gasteiger partial charge in [-0.25, -0.2) is 13.6 Å². The summed E-state index contributed by atoms with van der Waals surface area (Å²) in [7, 11) is -3.28. The van der Waals surface area contributed by atoms with Gasteiger partial charge in [0, 0.05) is 0 Å². The lowest BCUT2D eigenvalue weighted by Gasteiger charge is -2.38. The Labute approximate surface area is 85.3 Å². The predicted molar refractivity (Wildman–Crippen MR) is 55.2 cm³/mol. The fourth-order valence-electron chi connectivity index (χ4n) is 2.53. The van der Waals surface area contributed by atoms with Crippen molar-refractivity contribution in [3.8, 4) is 0 Å². The molecular formula is C9H18N2O2S. The molecule has 0 aromatic rings. The lowest BCUT2D eigenvalue weighted by atomic mass is 9.77. The van der Waals surface area contributed by atoms with E-state index in [-0.39, 0.29) is 5.25 Å². The molecule has 0 spiro atoms. The Balaban J connectivity index is 1.85. The van der Waals surface area contributed by atoms with Crippen molar-refractivity contribution in [2.75, 3.05) is 13.1 Å². The summed E-state index contributed by atoms with van der Waals surface area (Å²) in [5.74, 6) is 1.52. The molecule has 0 amide bonds. The number of nitrogens with two attached hydrogens (primary N) is 1. The lowest BCUT2D eigenvalue weighted by Crippen LogP contribution is -2.47. The van der Waals surface area contributed by atoms with Gasteiger partial charge in [-0.3, -0.25) is 0 Å². The van der Waals surface area contributed by atoms with E-state index in [9.17, 15) is 8.42 Å². The molecule has 2 rings (SSSR count). The fraction of sp³-hybridized carbons (Fsp3) is 1.00. The molecule has 2 aliphatic rings. The third kappa shape index (κ3) is 2.10. The summed E-state index contributed by atoms with van der Waals surface area (Å²) in [4.78, 5) is 0. The van der Waals surface area contributed by atoms with Crippen LogP contribution in [0.3, 0.4) is 0 Å². The second kappa shape index (κ2) is 3.79. The van der Waals surface area contributed by atoms with Crippen molar-refractivity contribution >= 4 is 10.0 Å². The maximum atomic E-state index is 11.1. The van der Waals surface area contributed by atoms with Gasteiger partial charge in [0.05, 0.1) is 5.25 Å². The summed E-state index contributed by atoms with van der Waals surface area (Å²) >= 11 is 0. The van der Waals surface area contributed by atoms with E-state index in [0.29, 0.717) is 0 Å². The zero-order chi connectivity index (χ0) is 10.2. The van der Waals surface area contributed by atoms with Crippen LogP contribution in [0.2, 0.25) is 0 Å². The highest BCUT2D eigenvalue weighted by Crippen LogP contribution is 2.33. The molecule has 3 N–H and O–H groups in total. The Morgan fingerprint density at radius 1 is 1.00 bits per heavy atom. The van der Waals surface area contributed by atoms with Crippen LogP contribution < -0.4 is 10.5 Å². The predicted octanol–water partition coefficient (Wildman–Crippen LogP) is 0.0531. The highest BCUT2D eigenvalue weighted by atomic mass is 32.2. The molecule has 0 unspecified atom stereocenters. The summed E-state index contributed by atoms with van der Waals surface area (Å²) in [5, 5.41) is 8.12. The van der Waals surface area contributed by atoms with Crippen molar-refractivity contribution in [2.24, 2.45) is 17.0 Å². The largest absolute Gasteiger partial charge is 0.316 e. The van der Waals surface area contributed by atoms with E-state index in [1.54, 1.807) is 0 Å². The van der Waals surface area contributed by atoms with Gasteiger partial charge in [-0.2, -0.15) is 0 Å². The average molecular weight is 218 g/mol. The second-order valence-corrected chi connectivity index (χ2v) is 6.39. The molecule has 0 aromatic carbocycles. The molecule has 0 radical (unpaired) electrons. The molecule has 5 heteroatoms. The van der Waals surface area contributed by atoms with Gasteiger partial charge < -0.3 is 5.32 Å². The van der Waals surface area contributed by atoms with Crippen LogP contribution in [0, 0.1) is 11.8 Å². The topological polar surface area (TPSA) is 72.2 Å². The smallest absolute Gasteiger partial charge is 0.211 e. The Bertz CT molecular complexity index is 290. The first-order valence-corrected chi connectivity index (χ1v) is 6.90. The van der Waals surface area contributed by atoms with Gasteiger partial charge in [0.1, 0.15) is 0 Å². The number of rotatable bonds is 2. The van der Waals surface area contributed by atoms with Crippen LogP contribution in [-0.2, 0) is 10.0 Å². The van der Waals surface area contributed by atoms with Gasteiger partial charge in [0.25, 0.3) is 0 Å². The van der Waals surface area contributed by atoms with Crippen molar-refractivity contribution < 1.29 is 8.42 Å². The quantitative estimate of drug-likeness (QED) is 0.688. The van der Waals surface area contributed by atoms with Crippen LogP contribution in [0.1, 0.15) is 25.7 Å². The van der Waals surface area contributed by atoms with Crippen LogP contribution in [0.5, 0.6) is 0 Å².